The number of rotatable bonds is 6. The highest BCUT2D eigenvalue weighted by molar-refractivity contribution is 7.90. The number of halogens is 1. The van der Waals surface area contributed by atoms with Crippen LogP contribution < -0.4 is 4.74 Å². The maximum atomic E-state index is 15.3. The van der Waals surface area contributed by atoms with Crippen molar-refractivity contribution in [3.8, 4) is 5.75 Å². The van der Waals surface area contributed by atoms with E-state index in [-0.39, 0.29) is 4.90 Å². The summed E-state index contributed by atoms with van der Waals surface area (Å²) in [6.45, 7) is 3.89. The average molecular weight is 375 g/mol. The third-order valence-corrected chi connectivity index (χ3v) is 6.22. The number of nitrogens with zero attached hydrogens (tertiary/aromatic N) is 1. The summed E-state index contributed by atoms with van der Waals surface area (Å²) < 4.78 is 47.5. The van der Waals surface area contributed by atoms with Crippen molar-refractivity contribution in [2.24, 2.45) is 0 Å². The highest BCUT2D eigenvalue weighted by atomic mass is 32.2. The quantitative estimate of drug-likeness (QED) is 0.629. The molecule has 26 heavy (non-hydrogen) atoms. The zero-order valence-electron chi connectivity index (χ0n) is 15.1. The molecule has 0 atom stereocenters. The summed E-state index contributed by atoms with van der Waals surface area (Å²) in [5.41, 5.74) is 1.68. The fourth-order valence-corrected chi connectivity index (χ4v) is 4.47. The second-order valence-electron chi connectivity index (χ2n) is 6.34. The number of aromatic nitrogens is 1. The summed E-state index contributed by atoms with van der Waals surface area (Å²) in [6, 6.07) is 11.4. The van der Waals surface area contributed by atoms with Gasteiger partial charge in [0.1, 0.15) is 5.75 Å². The number of methoxy groups -OCH3 is 1. The van der Waals surface area contributed by atoms with Crippen LogP contribution in [0.3, 0.4) is 0 Å². The maximum Gasteiger partial charge on any atom is 0.270 e. The highest BCUT2D eigenvalue weighted by Gasteiger charge is 2.27. The van der Waals surface area contributed by atoms with Crippen molar-refractivity contribution in [1.82, 2.24) is 3.97 Å². The molecular weight excluding hydrogens is 353 g/mol. The molecule has 0 aliphatic carbocycles. The van der Waals surface area contributed by atoms with Gasteiger partial charge in [-0.2, -0.15) is 4.39 Å². The molecule has 0 aliphatic rings. The summed E-state index contributed by atoms with van der Waals surface area (Å²) in [5, 5.41) is 0.575. The van der Waals surface area contributed by atoms with Crippen molar-refractivity contribution in [2.75, 3.05) is 7.11 Å². The first-order valence-corrected chi connectivity index (χ1v) is 10.0. The van der Waals surface area contributed by atoms with Crippen LogP contribution in [-0.2, 0) is 16.4 Å². The normalized spacial score (nSPS) is 11.8. The Bertz CT molecular complexity index is 1040. The zero-order valence-corrected chi connectivity index (χ0v) is 15.9. The van der Waals surface area contributed by atoms with Crippen molar-refractivity contribution in [3.63, 3.8) is 0 Å². The second kappa shape index (κ2) is 7.11. The minimum Gasteiger partial charge on any atom is -0.497 e. The lowest BCUT2D eigenvalue weighted by Gasteiger charge is -2.09. The molecule has 0 radical (unpaired) electrons. The molecule has 0 aliphatic heterocycles. The standard InChI is InChI=1S/C20H22FNO3S/c1-4-5-6-17-18-13-15(25-3)9-12-19(18)22(20(17)21)26(23,24)16-10-7-14(2)8-11-16/h7-13H,4-6H2,1-3H3. The molecule has 0 amide bonds. The smallest absolute Gasteiger partial charge is 0.270 e. The molecular formula is C20H22FNO3S. The Hall–Kier alpha value is -2.34. The van der Waals surface area contributed by atoms with Crippen LogP contribution in [0.5, 0.6) is 5.75 Å². The fraction of sp³-hybridized carbons (Fsp3) is 0.300. The Balaban J connectivity index is 2.28. The third-order valence-electron chi connectivity index (χ3n) is 4.51. The van der Waals surface area contributed by atoms with Gasteiger partial charge in [0.25, 0.3) is 10.0 Å². The first-order valence-electron chi connectivity index (χ1n) is 8.59. The molecule has 3 aromatic rings. The van der Waals surface area contributed by atoms with Crippen LogP contribution >= 0.6 is 0 Å². The van der Waals surface area contributed by atoms with Crippen molar-refractivity contribution in [1.29, 1.82) is 0 Å². The van der Waals surface area contributed by atoms with E-state index in [1.165, 1.54) is 19.2 Å². The molecule has 0 bridgehead atoms. The lowest BCUT2D eigenvalue weighted by molar-refractivity contribution is 0.415. The summed E-state index contributed by atoms with van der Waals surface area (Å²) in [5.74, 6) is -0.151. The molecule has 0 spiro atoms. The molecule has 0 saturated carbocycles. The minimum absolute atomic E-state index is 0.0664. The predicted molar refractivity (Wildman–Crippen MR) is 101 cm³/mol. The Labute approximate surface area is 153 Å². The van der Waals surface area contributed by atoms with Crippen molar-refractivity contribution >= 4 is 20.9 Å². The van der Waals surface area contributed by atoms with Gasteiger partial charge in [0.15, 0.2) is 0 Å². The number of hydrogen-bond donors (Lipinski definition) is 0. The van der Waals surface area contributed by atoms with Gasteiger partial charge in [0.2, 0.25) is 5.95 Å². The van der Waals surface area contributed by atoms with Crippen LogP contribution in [0.1, 0.15) is 30.9 Å². The van der Waals surface area contributed by atoms with E-state index >= 15 is 4.39 Å². The maximum absolute atomic E-state index is 15.3. The van der Waals surface area contributed by atoms with Crippen LogP contribution in [0.4, 0.5) is 4.39 Å². The Morgan fingerprint density at radius 1 is 1.12 bits per heavy atom. The van der Waals surface area contributed by atoms with Crippen molar-refractivity contribution in [3.05, 3.63) is 59.5 Å². The van der Waals surface area contributed by atoms with Gasteiger partial charge in [-0.3, -0.25) is 0 Å². The highest BCUT2D eigenvalue weighted by Crippen LogP contribution is 2.33. The molecule has 4 nitrogen and oxygen atoms in total. The summed E-state index contributed by atoms with van der Waals surface area (Å²) >= 11 is 0. The van der Waals surface area contributed by atoms with E-state index in [9.17, 15) is 8.42 Å². The molecule has 1 heterocycles. The molecule has 0 saturated heterocycles. The molecule has 0 N–H and O–H groups in total. The largest absolute Gasteiger partial charge is 0.497 e. The molecule has 0 unspecified atom stereocenters. The van der Waals surface area contributed by atoms with Gasteiger partial charge in [-0.1, -0.05) is 31.0 Å². The van der Waals surface area contributed by atoms with Gasteiger partial charge >= 0.3 is 0 Å². The summed E-state index contributed by atoms with van der Waals surface area (Å²) in [7, 11) is -2.50. The number of benzene rings is 2. The minimum atomic E-state index is -4.04. The topological polar surface area (TPSA) is 48.3 Å². The zero-order chi connectivity index (χ0) is 18.9. The summed E-state index contributed by atoms with van der Waals surface area (Å²) in [6.07, 6.45) is 2.14. The Morgan fingerprint density at radius 3 is 2.42 bits per heavy atom. The van der Waals surface area contributed by atoms with Crippen LogP contribution in [0.25, 0.3) is 10.9 Å². The van der Waals surface area contributed by atoms with E-state index in [2.05, 4.69) is 0 Å². The lowest BCUT2D eigenvalue weighted by Crippen LogP contribution is -2.15. The molecule has 2 aromatic carbocycles. The number of ether oxygens (including phenoxy) is 1. The average Bonchev–Trinajstić information content (AvgIpc) is 2.91. The number of hydrogen-bond acceptors (Lipinski definition) is 3. The number of fused-ring (bicyclic) bond motifs is 1. The molecule has 3 rings (SSSR count). The van der Waals surface area contributed by atoms with Crippen LogP contribution in [0.2, 0.25) is 0 Å². The molecule has 0 fully saturated rings. The van der Waals surface area contributed by atoms with E-state index in [1.807, 2.05) is 13.8 Å². The number of aryl methyl sites for hydroxylation is 2. The van der Waals surface area contributed by atoms with E-state index in [0.717, 1.165) is 22.4 Å². The Morgan fingerprint density at radius 2 is 1.81 bits per heavy atom. The van der Waals surface area contributed by atoms with E-state index < -0.39 is 16.0 Å². The SMILES string of the molecule is CCCCc1c(F)n(S(=O)(=O)c2ccc(C)cc2)c2ccc(OC)cc12. The van der Waals surface area contributed by atoms with E-state index in [4.69, 9.17) is 4.74 Å². The van der Waals surface area contributed by atoms with Gasteiger partial charge in [0.05, 0.1) is 17.5 Å². The third kappa shape index (κ3) is 3.09. The molecule has 1 aromatic heterocycles. The van der Waals surface area contributed by atoms with Gasteiger partial charge in [0, 0.05) is 10.9 Å². The van der Waals surface area contributed by atoms with Crippen LogP contribution in [0.15, 0.2) is 47.4 Å². The lowest BCUT2D eigenvalue weighted by atomic mass is 10.1. The van der Waals surface area contributed by atoms with E-state index in [0.29, 0.717) is 28.6 Å². The summed E-state index contributed by atoms with van der Waals surface area (Å²) in [4.78, 5) is 0.0664. The van der Waals surface area contributed by atoms with Gasteiger partial charge in [-0.15, -0.1) is 0 Å². The first kappa shape index (κ1) is 18.5. The van der Waals surface area contributed by atoms with Gasteiger partial charge < -0.3 is 4.74 Å². The molecule has 138 valence electrons. The van der Waals surface area contributed by atoms with Crippen molar-refractivity contribution < 1.29 is 17.5 Å². The monoisotopic (exact) mass is 375 g/mol. The van der Waals surface area contributed by atoms with E-state index in [1.54, 1.807) is 30.3 Å². The van der Waals surface area contributed by atoms with Crippen LogP contribution in [0, 0.1) is 12.9 Å². The van der Waals surface area contributed by atoms with Gasteiger partial charge in [-0.25, -0.2) is 12.4 Å². The first-order chi connectivity index (χ1) is 12.4. The van der Waals surface area contributed by atoms with Gasteiger partial charge in [-0.05, 0) is 50.1 Å². The fourth-order valence-electron chi connectivity index (χ4n) is 3.04. The molecule has 6 heteroatoms. The van der Waals surface area contributed by atoms with Crippen LogP contribution in [-0.4, -0.2) is 19.5 Å². The second-order valence-corrected chi connectivity index (χ2v) is 8.13. The van der Waals surface area contributed by atoms with Crippen molar-refractivity contribution in [2.45, 2.75) is 38.0 Å². The predicted octanol–water partition coefficient (Wildman–Crippen LogP) is 4.68. The number of unbranched alkanes of at least 4 members (excludes halogenated alkanes) is 1. The Kier molecular flexibility index (Phi) is 5.05.